The Bertz CT molecular complexity index is 1280. The van der Waals surface area contributed by atoms with E-state index in [-0.39, 0.29) is 5.91 Å². The molecule has 5 aromatic rings. The van der Waals surface area contributed by atoms with E-state index in [4.69, 9.17) is 0 Å². The molecule has 0 aliphatic carbocycles. The van der Waals surface area contributed by atoms with E-state index < -0.39 is 5.92 Å². The first-order valence-corrected chi connectivity index (χ1v) is 9.92. The zero-order valence-electron chi connectivity index (χ0n) is 16.9. The standard InChI is InChI=1S/C25H22N4O/c1-28-15-20(18-7-3-5-9-22(18)28)24(25(30)27-17-11-13-26-14-12-17)21-16-29(2)23-10-6-4-8-19(21)23/h3-16,24H,1-2H3,(H,26,27,30). The van der Waals surface area contributed by atoms with Crippen molar-refractivity contribution in [3.05, 3.63) is 96.6 Å². The molecule has 30 heavy (non-hydrogen) atoms. The lowest BCUT2D eigenvalue weighted by Gasteiger charge is -2.17. The molecule has 0 spiro atoms. The number of aryl methyl sites for hydroxylation is 2. The highest BCUT2D eigenvalue weighted by atomic mass is 16.1. The van der Waals surface area contributed by atoms with E-state index >= 15 is 0 Å². The van der Waals surface area contributed by atoms with E-state index in [1.54, 1.807) is 24.5 Å². The molecule has 2 aromatic carbocycles. The van der Waals surface area contributed by atoms with Crippen LogP contribution in [0.1, 0.15) is 17.0 Å². The number of nitrogens with zero attached hydrogens (tertiary/aromatic N) is 3. The van der Waals surface area contributed by atoms with E-state index in [0.29, 0.717) is 0 Å². The molecule has 0 atom stereocenters. The van der Waals surface area contributed by atoms with Gasteiger partial charge in [-0.25, -0.2) is 0 Å². The van der Waals surface area contributed by atoms with Crippen LogP contribution in [0.4, 0.5) is 5.69 Å². The summed E-state index contributed by atoms with van der Waals surface area (Å²) < 4.78 is 4.17. The van der Waals surface area contributed by atoms with Crippen LogP contribution >= 0.6 is 0 Å². The number of pyridine rings is 1. The van der Waals surface area contributed by atoms with Gasteiger partial charge in [-0.3, -0.25) is 9.78 Å². The summed E-state index contributed by atoms with van der Waals surface area (Å²) in [4.78, 5) is 17.7. The minimum atomic E-state index is -0.449. The lowest BCUT2D eigenvalue weighted by Crippen LogP contribution is -2.22. The van der Waals surface area contributed by atoms with Crippen molar-refractivity contribution in [1.82, 2.24) is 14.1 Å². The fourth-order valence-corrected chi connectivity index (χ4v) is 4.31. The molecular weight excluding hydrogens is 372 g/mol. The Morgan fingerprint density at radius 1 is 0.800 bits per heavy atom. The molecule has 0 unspecified atom stereocenters. The van der Waals surface area contributed by atoms with Gasteiger partial charge in [0.1, 0.15) is 0 Å². The summed E-state index contributed by atoms with van der Waals surface area (Å²) in [5.74, 6) is -0.510. The summed E-state index contributed by atoms with van der Waals surface area (Å²) in [5.41, 5.74) is 4.94. The maximum atomic E-state index is 13.7. The fourth-order valence-electron chi connectivity index (χ4n) is 4.31. The molecule has 0 fully saturated rings. The summed E-state index contributed by atoms with van der Waals surface area (Å²) in [7, 11) is 4.04. The number of hydrogen-bond acceptors (Lipinski definition) is 2. The molecule has 5 nitrogen and oxygen atoms in total. The van der Waals surface area contributed by atoms with Crippen molar-refractivity contribution in [3.8, 4) is 0 Å². The van der Waals surface area contributed by atoms with Crippen LogP contribution in [0.2, 0.25) is 0 Å². The number of anilines is 1. The van der Waals surface area contributed by atoms with Crippen molar-refractivity contribution >= 4 is 33.4 Å². The lowest BCUT2D eigenvalue weighted by atomic mass is 9.89. The molecule has 148 valence electrons. The van der Waals surface area contributed by atoms with Crippen LogP contribution in [-0.4, -0.2) is 20.0 Å². The third-order valence-electron chi connectivity index (χ3n) is 5.69. The van der Waals surface area contributed by atoms with Crippen molar-refractivity contribution in [3.63, 3.8) is 0 Å². The second-order valence-corrected chi connectivity index (χ2v) is 7.58. The summed E-state index contributed by atoms with van der Waals surface area (Å²) in [5, 5.41) is 5.26. The predicted molar refractivity (Wildman–Crippen MR) is 121 cm³/mol. The summed E-state index contributed by atoms with van der Waals surface area (Å²) >= 11 is 0. The molecule has 0 radical (unpaired) electrons. The molecule has 1 N–H and O–H groups in total. The molecule has 5 heteroatoms. The maximum Gasteiger partial charge on any atom is 0.236 e. The van der Waals surface area contributed by atoms with Crippen molar-refractivity contribution in [2.24, 2.45) is 14.1 Å². The van der Waals surface area contributed by atoms with Gasteiger partial charge in [0.2, 0.25) is 5.91 Å². The van der Waals surface area contributed by atoms with Gasteiger partial charge in [0.15, 0.2) is 0 Å². The van der Waals surface area contributed by atoms with Gasteiger partial charge in [0.05, 0.1) is 5.92 Å². The van der Waals surface area contributed by atoms with Crippen LogP contribution in [0.3, 0.4) is 0 Å². The third kappa shape index (κ3) is 2.95. The number of aromatic nitrogens is 3. The van der Waals surface area contributed by atoms with Crippen LogP contribution < -0.4 is 5.32 Å². The van der Waals surface area contributed by atoms with E-state index in [1.165, 1.54) is 0 Å². The number of hydrogen-bond donors (Lipinski definition) is 1. The zero-order valence-corrected chi connectivity index (χ0v) is 16.9. The Balaban J connectivity index is 1.72. The molecule has 1 amide bonds. The Labute approximate surface area is 174 Å². The monoisotopic (exact) mass is 394 g/mol. The predicted octanol–water partition coefficient (Wildman–Crippen LogP) is 4.84. The largest absolute Gasteiger partial charge is 0.350 e. The van der Waals surface area contributed by atoms with Crippen LogP contribution in [-0.2, 0) is 18.9 Å². The summed E-state index contributed by atoms with van der Waals surface area (Å²) in [6.45, 7) is 0. The molecule has 0 aliphatic rings. The van der Waals surface area contributed by atoms with Crippen molar-refractivity contribution in [2.75, 3.05) is 5.32 Å². The molecule has 5 rings (SSSR count). The molecule has 3 heterocycles. The number of para-hydroxylation sites is 2. The Morgan fingerprint density at radius 3 is 1.83 bits per heavy atom. The lowest BCUT2D eigenvalue weighted by molar-refractivity contribution is -0.116. The first kappa shape index (κ1) is 18.2. The smallest absolute Gasteiger partial charge is 0.236 e. The quantitative estimate of drug-likeness (QED) is 0.474. The van der Waals surface area contributed by atoms with Crippen LogP contribution in [0.25, 0.3) is 21.8 Å². The second-order valence-electron chi connectivity index (χ2n) is 7.58. The number of carbonyl (C=O) groups is 1. The molecular formula is C25H22N4O. The normalized spacial score (nSPS) is 11.4. The van der Waals surface area contributed by atoms with Crippen molar-refractivity contribution in [1.29, 1.82) is 0 Å². The SMILES string of the molecule is Cn1cc(C(C(=O)Nc2ccncc2)c2cn(C)c3ccccc23)c2ccccc21. The number of fused-ring (bicyclic) bond motifs is 2. The fraction of sp³-hybridized carbons (Fsp3) is 0.120. The van der Waals surface area contributed by atoms with Gasteiger partial charge in [-0.15, -0.1) is 0 Å². The molecule has 0 saturated carbocycles. The Morgan fingerprint density at radius 2 is 1.30 bits per heavy atom. The number of rotatable bonds is 4. The molecule has 3 aromatic heterocycles. The molecule has 0 aliphatic heterocycles. The van der Waals surface area contributed by atoms with E-state index in [0.717, 1.165) is 38.6 Å². The highest BCUT2D eigenvalue weighted by molar-refractivity contribution is 6.04. The second kappa shape index (κ2) is 7.19. The number of benzene rings is 2. The minimum absolute atomic E-state index is 0.0612. The molecule has 0 saturated heterocycles. The van der Waals surface area contributed by atoms with Crippen LogP contribution in [0, 0.1) is 0 Å². The van der Waals surface area contributed by atoms with Gasteiger partial charge in [0, 0.05) is 66.4 Å². The first-order valence-electron chi connectivity index (χ1n) is 9.92. The first-order chi connectivity index (χ1) is 14.6. The van der Waals surface area contributed by atoms with Gasteiger partial charge in [-0.2, -0.15) is 0 Å². The van der Waals surface area contributed by atoms with Gasteiger partial charge >= 0.3 is 0 Å². The minimum Gasteiger partial charge on any atom is -0.350 e. The third-order valence-corrected chi connectivity index (χ3v) is 5.69. The highest BCUT2D eigenvalue weighted by Gasteiger charge is 2.29. The van der Waals surface area contributed by atoms with Gasteiger partial charge in [-0.1, -0.05) is 36.4 Å². The maximum absolute atomic E-state index is 13.7. The topological polar surface area (TPSA) is 51.9 Å². The van der Waals surface area contributed by atoms with E-state index in [1.807, 2.05) is 38.4 Å². The Hall–Kier alpha value is -3.86. The van der Waals surface area contributed by atoms with Crippen molar-refractivity contribution in [2.45, 2.75) is 5.92 Å². The summed E-state index contributed by atoms with van der Waals surface area (Å²) in [6, 6.07) is 20.0. The highest BCUT2D eigenvalue weighted by Crippen LogP contribution is 2.37. The van der Waals surface area contributed by atoms with E-state index in [2.05, 4.69) is 56.1 Å². The molecule has 0 bridgehead atoms. The van der Waals surface area contributed by atoms with Gasteiger partial charge in [0.25, 0.3) is 0 Å². The van der Waals surface area contributed by atoms with Gasteiger partial charge in [-0.05, 0) is 35.4 Å². The number of carbonyl (C=O) groups excluding carboxylic acids is 1. The summed E-state index contributed by atoms with van der Waals surface area (Å²) in [6.07, 6.45) is 7.51. The number of amides is 1. The van der Waals surface area contributed by atoms with Crippen LogP contribution in [0.5, 0.6) is 0 Å². The zero-order chi connectivity index (χ0) is 20.7. The Kier molecular flexibility index (Phi) is 4.36. The van der Waals surface area contributed by atoms with Crippen LogP contribution in [0.15, 0.2) is 85.5 Å². The van der Waals surface area contributed by atoms with Gasteiger partial charge < -0.3 is 14.5 Å². The average molecular weight is 394 g/mol. The number of nitrogens with one attached hydrogen (secondary N) is 1. The average Bonchev–Trinajstić information content (AvgIpc) is 3.27. The van der Waals surface area contributed by atoms with E-state index in [9.17, 15) is 4.79 Å². The van der Waals surface area contributed by atoms with Crippen molar-refractivity contribution < 1.29 is 4.79 Å².